The van der Waals surface area contributed by atoms with Gasteiger partial charge in [-0.3, -0.25) is 4.79 Å². The zero-order valence-electron chi connectivity index (χ0n) is 11.1. The molecule has 1 unspecified atom stereocenters. The van der Waals surface area contributed by atoms with Crippen LogP contribution in [-0.4, -0.2) is 23.7 Å². The Bertz CT molecular complexity index is 418. The van der Waals surface area contributed by atoms with Crippen molar-refractivity contribution in [3.05, 3.63) is 34.9 Å². The number of aryl methyl sites for hydroxylation is 2. The van der Waals surface area contributed by atoms with Crippen LogP contribution in [0, 0.1) is 19.8 Å². The summed E-state index contributed by atoms with van der Waals surface area (Å²) in [4.78, 5) is 12.3. The summed E-state index contributed by atoms with van der Waals surface area (Å²) in [6.07, 6.45) is 2.98. The second-order valence-electron chi connectivity index (χ2n) is 5.20. The number of nitrogens with one attached hydrogen (secondary N) is 1. The molecule has 0 radical (unpaired) electrons. The molecule has 1 saturated carbocycles. The summed E-state index contributed by atoms with van der Waals surface area (Å²) in [6, 6.07) is 6.01. The number of carbonyl (C=O) groups excluding carboxylic acids is 1. The molecule has 1 fully saturated rings. The van der Waals surface area contributed by atoms with Gasteiger partial charge in [0.1, 0.15) is 0 Å². The van der Waals surface area contributed by atoms with Crippen LogP contribution >= 0.6 is 0 Å². The van der Waals surface area contributed by atoms with Gasteiger partial charge in [-0.15, -0.1) is 0 Å². The topological polar surface area (TPSA) is 49.3 Å². The lowest BCUT2D eigenvalue weighted by Gasteiger charge is -2.18. The molecule has 98 valence electrons. The van der Waals surface area contributed by atoms with Crippen molar-refractivity contribution in [2.75, 3.05) is 6.61 Å². The molecule has 0 heterocycles. The highest BCUT2D eigenvalue weighted by molar-refractivity contribution is 5.97. The summed E-state index contributed by atoms with van der Waals surface area (Å²) < 4.78 is 0. The molecule has 0 aliphatic heterocycles. The van der Waals surface area contributed by atoms with E-state index in [4.69, 9.17) is 5.11 Å². The van der Waals surface area contributed by atoms with Crippen LogP contribution in [-0.2, 0) is 0 Å². The lowest BCUT2D eigenvalue weighted by atomic mass is 10.0. The van der Waals surface area contributed by atoms with Gasteiger partial charge in [0.05, 0.1) is 0 Å². The Kier molecular flexibility index (Phi) is 4.02. The molecule has 1 aromatic rings. The fourth-order valence-electron chi connectivity index (χ4n) is 2.48. The quantitative estimate of drug-likeness (QED) is 0.838. The summed E-state index contributed by atoms with van der Waals surface area (Å²) in [5.74, 6) is 0.557. The van der Waals surface area contributed by atoms with Crippen molar-refractivity contribution in [1.29, 1.82) is 0 Å². The van der Waals surface area contributed by atoms with Crippen LogP contribution in [0.3, 0.4) is 0 Å². The molecule has 2 N–H and O–H groups in total. The lowest BCUT2D eigenvalue weighted by molar-refractivity contribution is 0.0923. The Hall–Kier alpha value is -1.35. The fraction of sp³-hybridized carbons (Fsp3) is 0.533. The Morgan fingerprint density at radius 3 is 2.50 bits per heavy atom. The van der Waals surface area contributed by atoms with Gasteiger partial charge in [-0.05, 0) is 50.2 Å². The van der Waals surface area contributed by atoms with Gasteiger partial charge >= 0.3 is 0 Å². The molecule has 18 heavy (non-hydrogen) atoms. The van der Waals surface area contributed by atoms with Gasteiger partial charge in [-0.2, -0.15) is 0 Å². The van der Waals surface area contributed by atoms with Gasteiger partial charge in [0, 0.05) is 18.2 Å². The molecule has 3 heteroatoms. The second kappa shape index (κ2) is 5.53. The molecule has 1 aliphatic carbocycles. The number of hydrogen-bond acceptors (Lipinski definition) is 2. The Labute approximate surface area is 108 Å². The molecule has 2 rings (SSSR count). The monoisotopic (exact) mass is 247 g/mol. The predicted octanol–water partition coefficient (Wildman–Crippen LogP) is 2.19. The molecular weight excluding hydrogens is 226 g/mol. The van der Waals surface area contributed by atoms with Crippen LogP contribution in [0.1, 0.15) is 40.7 Å². The summed E-state index contributed by atoms with van der Waals surface area (Å²) in [5.41, 5.74) is 2.79. The summed E-state index contributed by atoms with van der Waals surface area (Å²) in [7, 11) is 0. The van der Waals surface area contributed by atoms with E-state index in [1.165, 1.54) is 0 Å². The number of aliphatic hydroxyl groups excluding tert-OH is 1. The van der Waals surface area contributed by atoms with E-state index in [1.807, 2.05) is 32.0 Å². The fourth-order valence-corrected chi connectivity index (χ4v) is 2.48. The highest BCUT2D eigenvalue weighted by Gasteiger charge is 2.32. The SMILES string of the molecule is Cc1cccc(C)c1C(=O)NC(CCO)C1CC1. The van der Waals surface area contributed by atoms with Crippen LogP contribution in [0.25, 0.3) is 0 Å². The average molecular weight is 247 g/mol. The first-order valence-electron chi connectivity index (χ1n) is 6.61. The minimum absolute atomic E-state index is 0.00375. The Balaban J connectivity index is 2.10. The maximum absolute atomic E-state index is 12.3. The van der Waals surface area contributed by atoms with Crippen LogP contribution in [0.4, 0.5) is 0 Å². The Morgan fingerprint density at radius 2 is 2.00 bits per heavy atom. The maximum atomic E-state index is 12.3. The number of aliphatic hydroxyl groups is 1. The molecule has 1 atom stereocenters. The third-order valence-electron chi connectivity index (χ3n) is 3.66. The molecule has 3 nitrogen and oxygen atoms in total. The lowest BCUT2D eigenvalue weighted by Crippen LogP contribution is -2.37. The summed E-state index contributed by atoms with van der Waals surface area (Å²) in [5, 5.41) is 12.1. The van der Waals surface area contributed by atoms with E-state index >= 15 is 0 Å². The van der Waals surface area contributed by atoms with Crippen LogP contribution < -0.4 is 5.32 Å². The number of carbonyl (C=O) groups is 1. The van der Waals surface area contributed by atoms with Crippen LogP contribution in [0.5, 0.6) is 0 Å². The highest BCUT2D eigenvalue weighted by atomic mass is 16.3. The molecule has 0 saturated heterocycles. The first kappa shape index (κ1) is 13.1. The van der Waals surface area contributed by atoms with E-state index in [2.05, 4.69) is 5.32 Å². The van der Waals surface area contributed by atoms with Gasteiger partial charge in [0.2, 0.25) is 0 Å². The van der Waals surface area contributed by atoms with E-state index in [9.17, 15) is 4.79 Å². The molecule has 1 aliphatic rings. The first-order chi connectivity index (χ1) is 8.63. The van der Waals surface area contributed by atoms with Gasteiger partial charge in [0.25, 0.3) is 5.91 Å². The van der Waals surface area contributed by atoms with E-state index in [-0.39, 0.29) is 18.6 Å². The zero-order chi connectivity index (χ0) is 13.1. The third-order valence-corrected chi connectivity index (χ3v) is 3.66. The van der Waals surface area contributed by atoms with Gasteiger partial charge in [0.15, 0.2) is 0 Å². The van der Waals surface area contributed by atoms with Crippen molar-refractivity contribution >= 4 is 5.91 Å². The highest BCUT2D eigenvalue weighted by Crippen LogP contribution is 2.34. The molecule has 0 spiro atoms. The first-order valence-corrected chi connectivity index (χ1v) is 6.61. The number of amides is 1. The van der Waals surface area contributed by atoms with E-state index in [0.29, 0.717) is 12.3 Å². The zero-order valence-corrected chi connectivity index (χ0v) is 11.1. The van der Waals surface area contributed by atoms with Crippen molar-refractivity contribution < 1.29 is 9.90 Å². The smallest absolute Gasteiger partial charge is 0.252 e. The molecule has 0 bridgehead atoms. The number of benzene rings is 1. The standard InChI is InChI=1S/C15H21NO2/c1-10-4-3-5-11(2)14(10)15(18)16-13(8-9-17)12-6-7-12/h3-5,12-13,17H,6-9H2,1-2H3,(H,16,18). The van der Waals surface area contributed by atoms with E-state index in [1.54, 1.807) is 0 Å². The second-order valence-corrected chi connectivity index (χ2v) is 5.20. The van der Waals surface area contributed by atoms with Crippen molar-refractivity contribution in [2.24, 2.45) is 5.92 Å². The van der Waals surface area contributed by atoms with Crippen molar-refractivity contribution in [2.45, 2.75) is 39.2 Å². The summed E-state index contributed by atoms with van der Waals surface area (Å²) in [6.45, 7) is 4.05. The summed E-state index contributed by atoms with van der Waals surface area (Å²) >= 11 is 0. The van der Waals surface area contributed by atoms with Gasteiger partial charge in [-0.25, -0.2) is 0 Å². The maximum Gasteiger partial charge on any atom is 0.252 e. The molecule has 1 amide bonds. The Morgan fingerprint density at radius 1 is 1.39 bits per heavy atom. The molecule has 0 aromatic heterocycles. The van der Waals surface area contributed by atoms with Crippen molar-refractivity contribution in [3.8, 4) is 0 Å². The average Bonchev–Trinajstić information content (AvgIpc) is 3.12. The molecule has 1 aromatic carbocycles. The predicted molar refractivity (Wildman–Crippen MR) is 71.6 cm³/mol. The number of rotatable bonds is 5. The third kappa shape index (κ3) is 2.91. The minimum Gasteiger partial charge on any atom is -0.396 e. The normalized spacial score (nSPS) is 16.4. The van der Waals surface area contributed by atoms with Crippen LogP contribution in [0.2, 0.25) is 0 Å². The molecular formula is C15H21NO2. The minimum atomic E-state index is -0.00375. The van der Waals surface area contributed by atoms with Gasteiger partial charge in [-0.1, -0.05) is 18.2 Å². The van der Waals surface area contributed by atoms with E-state index < -0.39 is 0 Å². The largest absolute Gasteiger partial charge is 0.396 e. The van der Waals surface area contributed by atoms with Crippen molar-refractivity contribution in [3.63, 3.8) is 0 Å². The van der Waals surface area contributed by atoms with Crippen molar-refractivity contribution in [1.82, 2.24) is 5.32 Å². The number of hydrogen-bond donors (Lipinski definition) is 2. The van der Waals surface area contributed by atoms with E-state index in [0.717, 1.165) is 29.5 Å². The van der Waals surface area contributed by atoms with Gasteiger partial charge < -0.3 is 10.4 Å². The van der Waals surface area contributed by atoms with Crippen LogP contribution in [0.15, 0.2) is 18.2 Å².